The largest absolute Gasteiger partial charge is 0.396 e. The van der Waals surface area contributed by atoms with Crippen molar-refractivity contribution < 1.29 is 14.8 Å². The number of rotatable bonds is 7. The molecule has 0 aliphatic heterocycles. The van der Waals surface area contributed by atoms with Gasteiger partial charge in [-0.3, -0.25) is 14.9 Å². The van der Waals surface area contributed by atoms with Gasteiger partial charge in [-0.1, -0.05) is 0 Å². The Bertz CT molecular complexity index is 534. The van der Waals surface area contributed by atoms with Crippen LogP contribution in [0, 0.1) is 10.1 Å². The summed E-state index contributed by atoms with van der Waals surface area (Å²) >= 11 is 0. The first-order chi connectivity index (χ1) is 9.95. The zero-order valence-corrected chi connectivity index (χ0v) is 12.4. The van der Waals surface area contributed by atoms with Gasteiger partial charge in [-0.25, -0.2) is 0 Å². The van der Waals surface area contributed by atoms with Gasteiger partial charge in [-0.15, -0.1) is 0 Å². The smallest absolute Gasteiger partial charge is 0.287 e. The second-order valence-corrected chi connectivity index (χ2v) is 5.65. The number of hydrogen-bond donors (Lipinski definition) is 1. The number of aromatic nitrogens is 1. The van der Waals surface area contributed by atoms with Gasteiger partial charge in [0.2, 0.25) is 0 Å². The summed E-state index contributed by atoms with van der Waals surface area (Å²) in [4.78, 5) is 24.8. The fourth-order valence-corrected chi connectivity index (χ4v) is 2.37. The Morgan fingerprint density at radius 3 is 2.71 bits per heavy atom. The summed E-state index contributed by atoms with van der Waals surface area (Å²) in [6, 6.07) is 1.53. The molecule has 0 atom stereocenters. The second-order valence-electron chi connectivity index (χ2n) is 5.65. The summed E-state index contributed by atoms with van der Waals surface area (Å²) in [6.07, 6.45) is 3.85. The van der Waals surface area contributed by atoms with Crippen LogP contribution in [-0.2, 0) is 0 Å². The maximum Gasteiger partial charge on any atom is 0.287 e. The van der Waals surface area contributed by atoms with Crippen LogP contribution in [0.5, 0.6) is 0 Å². The summed E-state index contributed by atoms with van der Waals surface area (Å²) in [5.74, 6) is -0.210. The normalized spacial score (nSPS) is 14.5. The van der Waals surface area contributed by atoms with Crippen molar-refractivity contribution >= 4 is 11.6 Å². The van der Waals surface area contributed by atoms with E-state index >= 15 is 0 Å². The van der Waals surface area contributed by atoms with E-state index in [4.69, 9.17) is 5.11 Å². The SMILES string of the molecule is CC(C)N(CCCO)C(=O)c1cc([N+](=O)[O-])cn1C1CC1. The molecule has 0 saturated heterocycles. The Morgan fingerprint density at radius 2 is 2.24 bits per heavy atom. The minimum atomic E-state index is -0.469. The van der Waals surface area contributed by atoms with Gasteiger partial charge in [0.25, 0.3) is 11.6 Å². The molecule has 1 fully saturated rings. The zero-order chi connectivity index (χ0) is 15.6. The van der Waals surface area contributed by atoms with Crippen molar-refractivity contribution in [3.63, 3.8) is 0 Å². The van der Waals surface area contributed by atoms with Crippen molar-refractivity contribution in [1.82, 2.24) is 9.47 Å². The van der Waals surface area contributed by atoms with Crippen LogP contribution in [0.25, 0.3) is 0 Å². The molecule has 1 aromatic heterocycles. The highest BCUT2D eigenvalue weighted by Crippen LogP contribution is 2.38. The summed E-state index contributed by atoms with van der Waals surface area (Å²) in [6.45, 7) is 4.25. The number of carbonyl (C=O) groups excluding carboxylic acids is 1. The fraction of sp³-hybridized carbons (Fsp3) is 0.643. The predicted molar refractivity (Wildman–Crippen MR) is 77.2 cm³/mol. The van der Waals surface area contributed by atoms with Gasteiger partial charge in [-0.05, 0) is 33.1 Å². The van der Waals surface area contributed by atoms with Gasteiger partial charge in [0.1, 0.15) is 5.69 Å². The third kappa shape index (κ3) is 3.41. The van der Waals surface area contributed by atoms with E-state index < -0.39 is 4.92 Å². The lowest BCUT2D eigenvalue weighted by Gasteiger charge is -2.27. The molecule has 7 heteroatoms. The Balaban J connectivity index is 2.29. The highest BCUT2D eigenvalue weighted by Gasteiger charge is 2.32. The van der Waals surface area contributed by atoms with E-state index in [1.807, 2.05) is 13.8 Å². The molecule has 0 spiro atoms. The van der Waals surface area contributed by atoms with Crippen LogP contribution in [0.4, 0.5) is 5.69 Å². The molecule has 0 bridgehead atoms. The number of hydrogen-bond acceptors (Lipinski definition) is 4. The van der Waals surface area contributed by atoms with Crippen LogP contribution < -0.4 is 0 Å². The van der Waals surface area contributed by atoms with Gasteiger partial charge in [0.05, 0.1) is 11.1 Å². The fourth-order valence-electron chi connectivity index (χ4n) is 2.37. The standard InChI is InChI=1S/C14H21N3O4/c1-10(2)15(6-3-7-18)14(19)13-8-12(17(20)21)9-16(13)11-4-5-11/h8-11,18H,3-7H2,1-2H3. The molecule has 7 nitrogen and oxygen atoms in total. The Morgan fingerprint density at radius 1 is 1.57 bits per heavy atom. The first-order valence-electron chi connectivity index (χ1n) is 7.23. The molecule has 1 N–H and O–H groups in total. The molecule has 0 aromatic carbocycles. The lowest BCUT2D eigenvalue weighted by molar-refractivity contribution is -0.384. The number of aliphatic hydroxyl groups is 1. The quantitative estimate of drug-likeness (QED) is 0.615. The van der Waals surface area contributed by atoms with E-state index in [1.165, 1.54) is 12.3 Å². The van der Waals surface area contributed by atoms with E-state index in [2.05, 4.69) is 0 Å². The predicted octanol–water partition coefficient (Wildman–Crippen LogP) is 1.96. The molecule has 116 valence electrons. The van der Waals surface area contributed by atoms with E-state index in [0.29, 0.717) is 18.7 Å². The number of nitro groups is 1. The average molecular weight is 295 g/mol. The van der Waals surface area contributed by atoms with Crippen LogP contribution in [-0.4, -0.2) is 44.6 Å². The first-order valence-corrected chi connectivity index (χ1v) is 7.23. The number of amides is 1. The summed E-state index contributed by atoms with van der Waals surface area (Å²) in [5, 5.41) is 19.9. The molecule has 0 unspecified atom stereocenters. The highest BCUT2D eigenvalue weighted by molar-refractivity contribution is 5.94. The lowest BCUT2D eigenvalue weighted by Crippen LogP contribution is -2.39. The van der Waals surface area contributed by atoms with Gasteiger partial charge in [0.15, 0.2) is 0 Å². The summed E-state index contributed by atoms with van der Waals surface area (Å²) < 4.78 is 1.73. The molecule has 1 heterocycles. The van der Waals surface area contributed by atoms with Gasteiger partial charge >= 0.3 is 0 Å². The Hall–Kier alpha value is -1.89. The number of nitrogens with zero attached hydrogens (tertiary/aromatic N) is 3. The molecular formula is C14H21N3O4. The molecule has 0 radical (unpaired) electrons. The summed E-state index contributed by atoms with van der Waals surface area (Å²) in [7, 11) is 0. The van der Waals surface area contributed by atoms with E-state index in [9.17, 15) is 14.9 Å². The third-order valence-electron chi connectivity index (χ3n) is 3.65. The van der Waals surface area contributed by atoms with Crippen molar-refractivity contribution in [2.45, 2.75) is 45.2 Å². The average Bonchev–Trinajstić information content (AvgIpc) is 3.16. The van der Waals surface area contributed by atoms with E-state index in [1.54, 1.807) is 9.47 Å². The minimum absolute atomic E-state index is 0.0142. The van der Waals surface area contributed by atoms with Gasteiger partial charge in [0, 0.05) is 31.3 Å². The molecule has 1 aliphatic carbocycles. The molecule has 21 heavy (non-hydrogen) atoms. The highest BCUT2D eigenvalue weighted by atomic mass is 16.6. The van der Waals surface area contributed by atoms with Crippen LogP contribution >= 0.6 is 0 Å². The van der Waals surface area contributed by atoms with Crippen LogP contribution in [0.2, 0.25) is 0 Å². The van der Waals surface area contributed by atoms with Crippen LogP contribution in [0.1, 0.15) is 49.6 Å². The topological polar surface area (TPSA) is 88.6 Å². The maximum atomic E-state index is 12.7. The molecule has 1 aromatic rings. The molecular weight excluding hydrogens is 274 g/mol. The molecule has 1 amide bonds. The lowest BCUT2D eigenvalue weighted by atomic mass is 10.2. The second kappa shape index (κ2) is 6.26. The van der Waals surface area contributed by atoms with Crippen molar-refractivity contribution in [3.8, 4) is 0 Å². The summed E-state index contributed by atoms with van der Waals surface area (Å²) in [5.41, 5.74) is 0.326. The monoisotopic (exact) mass is 295 g/mol. The maximum absolute atomic E-state index is 12.7. The number of aliphatic hydroxyl groups excluding tert-OH is 1. The molecule has 1 aliphatic rings. The molecule has 1 saturated carbocycles. The first kappa shape index (κ1) is 15.5. The van der Waals surface area contributed by atoms with Crippen LogP contribution in [0.3, 0.4) is 0 Å². The van der Waals surface area contributed by atoms with Crippen molar-refractivity contribution in [2.24, 2.45) is 0 Å². The minimum Gasteiger partial charge on any atom is -0.396 e. The van der Waals surface area contributed by atoms with E-state index in [0.717, 1.165) is 12.8 Å². The van der Waals surface area contributed by atoms with E-state index in [-0.39, 0.29) is 30.3 Å². The van der Waals surface area contributed by atoms with Crippen molar-refractivity contribution in [1.29, 1.82) is 0 Å². The molecule has 2 rings (SSSR count). The third-order valence-corrected chi connectivity index (χ3v) is 3.65. The van der Waals surface area contributed by atoms with Gasteiger partial charge in [-0.2, -0.15) is 0 Å². The van der Waals surface area contributed by atoms with Crippen molar-refractivity contribution in [3.05, 3.63) is 28.1 Å². The Kier molecular flexibility index (Phi) is 4.62. The van der Waals surface area contributed by atoms with Gasteiger partial charge < -0.3 is 14.6 Å². The number of carbonyl (C=O) groups is 1. The van der Waals surface area contributed by atoms with Crippen LogP contribution in [0.15, 0.2) is 12.3 Å². The zero-order valence-electron chi connectivity index (χ0n) is 12.4. The Labute approximate surface area is 123 Å². The van der Waals surface area contributed by atoms with Crippen molar-refractivity contribution in [2.75, 3.05) is 13.2 Å².